The van der Waals surface area contributed by atoms with Crippen molar-refractivity contribution in [3.63, 3.8) is 0 Å². The van der Waals surface area contributed by atoms with Gasteiger partial charge in [0.2, 0.25) is 0 Å². The van der Waals surface area contributed by atoms with E-state index in [1.165, 1.54) is 0 Å². The summed E-state index contributed by atoms with van der Waals surface area (Å²) >= 11 is 0. The first-order valence-electron chi connectivity index (χ1n) is 0. The predicted molar refractivity (Wildman–Crippen MR) is 0 cm³/mol. The summed E-state index contributed by atoms with van der Waals surface area (Å²) in [6.45, 7) is 0. The fourth-order valence-corrected chi connectivity index (χ4v) is 0. The van der Waals surface area contributed by atoms with Crippen LogP contribution in [0.5, 0.6) is 0 Å². The molecule has 0 spiro atoms. The molecule has 0 saturated heterocycles. The number of hydrogen-bond donors (Lipinski definition) is 0. The van der Waals surface area contributed by atoms with Gasteiger partial charge < -0.3 is 0 Å². The van der Waals surface area contributed by atoms with Gasteiger partial charge in [-0.25, -0.2) is 0 Å². The molecular weight excluding hydrogens is 20000 g/mol. The normalized spacial score (nSPS) is 0. The van der Waals surface area contributed by atoms with Crippen molar-refractivity contribution in [1.29, 1.82) is 0 Å². The molecule has 0 heterocycles. The third kappa shape index (κ3) is 885. The fourth-order valence-electron chi connectivity index (χ4n) is 0. The largest absolute Gasteiger partial charge is 0 e. The second-order valence-electron chi connectivity index (χ2n) is 0. The molecule has 0 atom stereocenters. The quantitative estimate of drug-likeness (QED) is 0.321. The molecule has 0 aliphatic rings. The van der Waals surface area contributed by atoms with Gasteiger partial charge in [0.1, 0.15) is 0 Å². The summed E-state index contributed by atoms with van der Waals surface area (Å²) in [6, 6.07) is 0. The maximum Gasteiger partial charge on any atom is 0 e. The van der Waals surface area contributed by atoms with E-state index in [0.29, 0.717) is 0 Å². The standard InChI is InChI=1S/126Tb. The Balaban J connectivity index is 0. The molecule has 0 bridgehead atoms. The molecular formula is Tb126. The minimum atomic E-state index is 0. The van der Waals surface area contributed by atoms with Crippen molar-refractivity contribution < 1.29 is 4870 Å². The van der Waals surface area contributed by atoms with E-state index in [4.69, 9.17) is 0 Å². The molecule has 126 radical (unpaired) electrons. The third-order valence-corrected chi connectivity index (χ3v) is 0. The van der Waals surface area contributed by atoms with Gasteiger partial charge in [0.25, 0.3) is 0 Å². The first kappa shape index (κ1) is 904. The molecule has 0 aliphatic heterocycles. The van der Waals surface area contributed by atoms with Crippen LogP contribution in [0.4, 0.5) is 0 Å². The molecule has 0 unspecified atom stereocenters. The van der Waals surface area contributed by atoms with Crippen LogP contribution in [-0.4, -0.2) is 0 Å². The van der Waals surface area contributed by atoms with Crippen LogP contribution in [0.2, 0.25) is 0 Å². The number of rotatable bonds is 0. The van der Waals surface area contributed by atoms with Gasteiger partial charge in [-0.1, -0.05) is 0 Å². The van der Waals surface area contributed by atoms with E-state index < -0.39 is 0 Å². The molecule has 0 aromatic heterocycles. The van der Waals surface area contributed by atoms with Gasteiger partial charge in [0.05, 0.1) is 0 Å². The Morgan fingerprint density at radius 2 is 0.00794 bits per heavy atom. The van der Waals surface area contributed by atoms with E-state index in [-0.39, 0.29) is 4870 Å². The van der Waals surface area contributed by atoms with Gasteiger partial charge in [0.15, 0.2) is 0 Å². The van der Waals surface area contributed by atoms with Crippen LogP contribution in [0, 0.1) is 4870 Å². The molecule has 126 heavy (non-hydrogen) atoms. The van der Waals surface area contributed by atoms with Crippen LogP contribution in [0.1, 0.15) is 0 Å². The maximum atomic E-state index is 0. The molecule has 0 nitrogen and oxygen atoms in total. The summed E-state index contributed by atoms with van der Waals surface area (Å²) < 4.78 is 0. The van der Waals surface area contributed by atoms with Crippen LogP contribution < -0.4 is 0 Å². The number of hydrogen-bond acceptors (Lipinski definition) is 0. The van der Waals surface area contributed by atoms with Crippen molar-refractivity contribution in [2.75, 3.05) is 0 Å². The second-order valence-corrected chi connectivity index (χ2v) is 0. The Labute approximate surface area is 4660 Å². The molecule has 126 heteroatoms. The van der Waals surface area contributed by atoms with Crippen LogP contribution in [0.25, 0.3) is 0 Å². The SMILES string of the molecule is [Tb].[Tb].[Tb].[Tb].[Tb].[Tb].[Tb].[Tb].[Tb].[Tb].[Tb].[Tb].[Tb].[Tb].[Tb].[Tb].[Tb].[Tb].[Tb].[Tb].[Tb].[Tb].[Tb].[Tb].[Tb].[Tb].[Tb].[Tb].[Tb].[Tb].[Tb].[Tb].[Tb].[Tb].[Tb].[Tb].[Tb].[Tb].[Tb].[Tb].[Tb].[Tb].[Tb].[Tb].[Tb].[Tb].[Tb].[Tb].[Tb].[Tb].[Tb].[Tb].[Tb].[Tb].[Tb].[Tb].[Tb].[Tb].[Tb].[Tb].[Tb].[Tb].[Tb].[Tb].[Tb].[Tb].[Tb].[Tb].[Tb].[Tb].[Tb].[Tb].[Tb].[Tb].[Tb].[Tb].[Tb].[Tb].[Tb].[Tb].[Tb].[Tb].[Tb].[Tb].[Tb].[Tb].[Tb].[Tb].[Tb].[Tb].[Tb].[Tb].[Tb].[Tb].[Tb].[Tb].[Tb].[Tb].[Tb].[Tb].[Tb].[Tb].[Tb].[Tb].[Tb].[Tb].[Tb].[Tb].[Tb].[Tb].[Tb].[Tb].[Tb].[Tb].[Tb].[Tb].[Tb].[Tb].[Tb].[Tb].[Tb].[Tb].[Tb].[Tb].[Tb].[Tb]. The zero-order chi connectivity index (χ0) is 0. The van der Waals surface area contributed by atoms with Gasteiger partial charge in [-0.15, -0.1) is 0 Å². The molecule has 0 aromatic rings. The second kappa shape index (κ2) is 895. The van der Waals surface area contributed by atoms with E-state index >= 15 is 0 Å². The van der Waals surface area contributed by atoms with Gasteiger partial charge in [-0.3, -0.25) is 0 Å². The van der Waals surface area contributed by atoms with E-state index in [1.54, 1.807) is 0 Å². The summed E-state index contributed by atoms with van der Waals surface area (Å²) in [5, 5.41) is 0. The van der Waals surface area contributed by atoms with Crippen LogP contribution >= 0.6 is 0 Å². The van der Waals surface area contributed by atoms with Crippen molar-refractivity contribution in [1.82, 2.24) is 0 Å². The molecule has 1134 valence electrons. The van der Waals surface area contributed by atoms with E-state index in [1.807, 2.05) is 0 Å². The Kier molecular flexibility index (Phi) is 6420. The van der Waals surface area contributed by atoms with E-state index in [0.717, 1.165) is 0 Å². The summed E-state index contributed by atoms with van der Waals surface area (Å²) in [5.41, 5.74) is 0. The zero-order valence-electron chi connectivity index (χ0n) is 42.0. The maximum absolute atomic E-state index is 0. The monoisotopic (exact) mass is 20000 g/mol. The molecule has 0 rings (SSSR count). The zero-order valence-corrected chi connectivity index (χ0v) is 311. The van der Waals surface area contributed by atoms with Gasteiger partial charge in [0, 0.05) is 4870 Å². The summed E-state index contributed by atoms with van der Waals surface area (Å²) in [6.07, 6.45) is 0. The summed E-state index contributed by atoms with van der Waals surface area (Å²) in [5.74, 6) is 0. The summed E-state index contributed by atoms with van der Waals surface area (Å²) in [7, 11) is 0. The van der Waals surface area contributed by atoms with Gasteiger partial charge in [-0.05, 0) is 0 Å². The molecule has 0 amide bonds. The Morgan fingerprint density at radius 1 is 0.00794 bits per heavy atom. The molecule has 0 saturated carbocycles. The smallest absolute Gasteiger partial charge is 0 e. The van der Waals surface area contributed by atoms with Crippen molar-refractivity contribution in [3.05, 3.63) is 0 Å². The first-order valence-corrected chi connectivity index (χ1v) is 0. The van der Waals surface area contributed by atoms with Crippen LogP contribution in [0.3, 0.4) is 0 Å². The topological polar surface area (TPSA) is 0 Å². The Morgan fingerprint density at radius 3 is 0.00794 bits per heavy atom. The Bertz CT molecular complexity index is 0. The van der Waals surface area contributed by atoms with E-state index in [9.17, 15) is 0 Å². The van der Waals surface area contributed by atoms with Crippen LogP contribution in [0.15, 0.2) is 0 Å². The van der Waals surface area contributed by atoms with E-state index in [2.05, 4.69) is 0 Å². The predicted octanol–water partition coefficient (Wildman–Crippen LogP) is 0. The van der Waals surface area contributed by atoms with Crippen molar-refractivity contribution in [2.24, 2.45) is 0 Å². The van der Waals surface area contributed by atoms with Crippen molar-refractivity contribution in [3.8, 4) is 0 Å². The average molecular weight is 20000 g/mol. The third-order valence-electron chi connectivity index (χ3n) is 0. The minimum Gasteiger partial charge on any atom is 0 e. The Hall–Kier alpha value is 162. The summed E-state index contributed by atoms with van der Waals surface area (Å²) in [4.78, 5) is 0. The molecule has 0 aromatic carbocycles. The van der Waals surface area contributed by atoms with Crippen molar-refractivity contribution in [2.45, 2.75) is 0 Å². The fraction of sp³-hybridized carbons (Fsp3) is 0. The average Bonchev–Trinajstić information content (AvgIpc) is 0. The molecule has 0 fully saturated rings. The molecule has 0 aliphatic carbocycles. The van der Waals surface area contributed by atoms with Crippen LogP contribution in [-0.2, 0) is 0 Å². The van der Waals surface area contributed by atoms with Gasteiger partial charge in [-0.2, -0.15) is 0 Å². The molecule has 0 N–H and O–H groups in total. The first-order chi connectivity index (χ1) is 0. The van der Waals surface area contributed by atoms with Crippen molar-refractivity contribution >= 4 is 0 Å². The minimum absolute atomic E-state index is 0. The van der Waals surface area contributed by atoms with Gasteiger partial charge >= 0.3 is 0 Å².